The highest BCUT2D eigenvalue weighted by Gasteiger charge is 2.29. The molecule has 0 radical (unpaired) electrons. The van der Waals surface area contributed by atoms with Crippen molar-refractivity contribution in [1.82, 2.24) is 4.90 Å². The second-order valence-corrected chi connectivity index (χ2v) is 5.95. The molecule has 0 aliphatic carbocycles. The first-order valence-electron chi connectivity index (χ1n) is 4.94. The van der Waals surface area contributed by atoms with Crippen LogP contribution < -0.4 is 0 Å². The summed E-state index contributed by atoms with van der Waals surface area (Å²) in [5.41, 5.74) is 1.14. The van der Waals surface area contributed by atoms with Gasteiger partial charge in [-0.1, -0.05) is 0 Å². The number of ether oxygens (including phenoxy) is 1. The summed E-state index contributed by atoms with van der Waals surface area (Å²) < 4.78 is 6.26. The van der Waals surface area contributed by atoms with Crippen LogP contribution in [0.3, 0.4) is 0 Å². The van der Waals surface area contributed by atoms with Crippen molar-refractivity contribution in [3.8, 4) is 0 Å². The third kappa shape index (κ3) is 2.82. The molecule has 0 aromatic carbocycles. The smallest absolute Gasteiger partial charge is 0.323 e. The Morgan fingerprint density at radius 1 is 1.75 bits per heavy atom. The Balaban J connectivity index is 2.03. The first kappa shape index (κ1) is 12.0. The first-order chi connectivity index (χ1) is 7.66. The highest BCUT2D eigenvalue weighted by Crippen LogP contribution is 2.23. The first-order valence-corrected chi connectivity index (χ1v) is 6.61. The van der Waals surface area contributed by atoms with Crippen molar-refractivity contribution in [1.29, 1.82) is 0 Å². The lowest BCUT2D eigenvalue weighted by atomic mass is 10.2. The van der Waals surface area contributed by atoms with Gasteiger partial charge in [-0.2, -0.15) is 0 Å². The standard InChI is InChI=1S/C10H12BrNO3S/c11-9-3-7(6-16-9)4-12-1-2-15-5-8(12)10(13)14/h3,6,8H,1-2,4-5H2,(H,13,14). The maximum absolute atomic E-state index is 11.0. The Hall–Kier alpha value is -0.430. The SMILES string of the molecule is O=C(O)C1COCCN1Cc1csc(Br)c1. The molecule has 1 saturated heterocycles. The van der Waals surface area contributed by atoms with E-state index in [4.69, 9.17) is 9.84 Å². The van der Waals surface area contributed by atoms with Gasteiger partial charge in [-0.15, -0.1) is 11.3 Å². The Bertz CT molecular complexity index is 382. The minimum absolute atomic E-state index is 0.278. The van der Waals surface area contributed by atoms with Crippen LogP contribution in [0.1, 0.15) is 5.56 Å². The quantitative estimate of drug-likeness (QED) is 0.925. The third-order valence-electron chi connectivity index (χ3n) is 2.53. The number of nitrogens with zero attached hydrogens (tertiary/aromatic N) is 1. The molecule has 1 aromatic heterocycles. The normalized spacial score (nSPS) is 22.2. The fourth-order valence-electron chi connectivity index (χ4n) is 1.72. The average molecular weight is 306 g/mol. The van der Waals surface area contributed by atoms with E-state index in [9.17, 15) is 4.79 Å². The lowest BCUT2D eigenvalue weighted by Gasteiger charge is -2.32. The number of thiophene rings is 1. The summed E-state index contributed by atoms with van der Waals surface area (Å²) in [4.78, 5) is 13.0. The number of carboxylic acids is 1. The number of carbonyl (C=O) groups is 1. The van der Waals surface area contributed by atoms with E-state index in [-0.39, 0.29) is 6.61 Å². The minimum Gasteiger partial charge on any atom is -0.480 e. The lowest BCUT2D eigenvalue weighted by molar-refractivity contribution is -0.150. The zero-order valence-electron chi connectivity index (χ0n) is 8.56. The van der Waals surface area contributed by atoms with Gasteiger partial charge in [-0.05, 0) is 32.9 Å². The Morgan fingerprint density at radius 2 is 2.56 bits per heavy atom. The van der Waals surface area contributed by atoms with E-state index in [1.807, 2.05) is 16.3 Å². The van der Waals surface area contributed by atoms with Crippen molar-refractivity contribution in [3.63, 3.8) is 0 Å². The van der Waals surface area contributed by atoms with Crippen molar-refractivity contribution >= 4 is 33.2 Å². The predicted molar refractivity (Wildman–Crippen MR) is 64.7 cm³/mol. The van der Waals surface area contributed by atoms with Gasteiger partial charge in [-0.25, -0.2) is 0 Å². The topological polar surface area (TPSA) is 49.8 Å². The van der Waals surface area contributed by atoms with Crippen molar-refractivity contribution in [2.75, 3.05) is 19.8 Å². The monoisotopic (exact) mass is 305 g/mol. The zero-order chi connectivity index (χ0) is 11.5. The van der Waals surface area contributed by atoms with Crippen LogP contribution in [0.25, 0.3) is 0 Å². The number of hydrogen-bond donors (Lipinski definition) is 1. The fraction of sp³-hybridized carbons (Fsp3) is 0.500. The molecule has 1 aromatic rings. The van der Waals surface area contributed by atoms with Gasteiger partial charge in [0.05, 0.1) is 17.0 Å². The number of rotatable bonds is 3. The Labute approximate surface area is 106 Å². The molecule has 0 saturated carbocycles. The van der Waals surface area contributed by atoms with E-state index in [0.717, 1.165) is 9.35 Å². The highest BCUT2D eigenvalue weighted by atomic mass is 79.9. The molecule has 1 unspecified atom stereocenters. The van der Waals surface area contributed by atoms with Gasteiger partial charge in [0.25, 0.3) is 0 Å². The molecule has 1 atom stereocenters. The molecule has 0 bridgehead atoms. The molecule has 6 heteroatoms. The van der Waals surface area contributed by atoms with Crippen LogP contribution in [0.2, 0.25) is 0 Å². The number of morpholine rings is 1. The lowest BCUT2D eigenvalue weighted by Crippen LogP contribution is -2.49. The highest BCUT2D eigenvalue weighted by molar-refractivity contribution is 9.11. The number of carboxylic acid groups (broad SMARTS) is 1. The fourth-order valence-corrected chi connectivity index (χ4v) is 2.92. The minimum atomic E-state index is -0.811. The van der Waals surface area contributed by atoms with E-state index in [2.05, 4.69) is 15.9 Å². The van der Waals surface area contributed by atoms with Gasteiger partial charge in [0, 0.05) is 13.1 Å². The van der Waals surface area contributed by atoms with Crippen molar-refractivity contribution in [3.05, 3.63) is 20.8 Å². The summed E-state index contributed by atoms with van der Waals surface area (Å²) in [6, 6.07) is 1.51. The van der Waals surface area contributed by atoms with Crippen LogP contribution in [0, 0.1) is 0 Å². The van der Waals surface area contributed by atoms with E-state index in [1.54, 1.807) is 11.3 Å². The zero-order valence-corrected chi connectivity index (χ0v) is 11.0. The summed E-state index contributed by atoms with van der Waals surface area (Å²) in [5.74, 6) is -0.811. The van der Waals surface area contributed by atoms with Gasteiger partial charge in [0.1, 0.15) is 6.04 Å². The van der Waals surface area contributed by atoms with E-state index in [1.165, 1.54) is 0 Å². The molecular weight excluding hydrogens is 294 g/mol. The van der Waals surface area contributed by atoms with Gasteiger partial charge in [0.2, 0.25) is 0 Å². The van der Waals surface area contributed by atoms with Gasteiger partial charge < -0.3 is 9.84 Å². The molecule has 1 fully saturated rings. The van der Waals surface area contributed by atoms with Gasteiger partial charge >= 0.3 is 5.97 Å². The summed E-state index contributed by atoms with van der Waals surface area (Å²) >= 11 is 5.01. The van der Waals surface area contributed by atoms with Gasteiger partial charge in [0.15, 0.2) is 0 Å². The van der Waals surface area contributed by atoms with Crippen LogP contribution in [0.15, 0.2) is 15.2 Å². The summed E-state index contributed by atoms with van der Waals surface area (Å²) in [6.45, 7) is 2.22. The second-order valence-electron chi connectivity index (χ2n) is 3.66. The number of hydrogen-bond acceptors (Lipinski definition) is 4. The molecule has 88 valence electrons. The molecule has 0 spiro atoms. The molecule has 16 heavy (non-hydrogen) atoms. The molecular formula is C10H12BrNO3S. The van der Waals surface area contributed by atoms with Crippen molar-refractivity contribution in [2.24, 2.45) is 0 Å². The summed E-state index contributed by atoms with van der Waals surface area (Å²) in [7, 11) is 0. The molecule has 1 aliphatic heterocycles. The molecule has 4 nitrogen and oxygen atoms in total. The molecule has 0 amide bonds. The van der Waals surface area contributed by atoms with Crippen molar-refractivity contribution in [2.45, 2.75) is 12.6 Å². The average Bonchev–Trinajstić information content (AvgIpc) is 2.64. The largest absolute Gasteiger partial charge is 0.480 e. The molecule has 2 heterocycles. The van der Waals surface area contributed by atoms with Crippen LogP contribution in [0.4, 0.5) is 0 Å². The molecule has 1 aliphatic rings. The third-order valence-corrected chi connectivity index (χ3v) is 4.09. The molecule has 1 N–H and O–H groups in total. The number of aliphatic carboxylic acids is 1. The molecule has 2 rings (SSSR count). The Kier molecular flexibility index (Phi) is 3.96. The van der Waals surface area contributed by atoms with Crippen LogP contribution in [-0.2, 0) is 16.1 Å². The maximum atomic E-state index is 11.0. The van der Waals surface area contributed by atoms with Gasteiger partial charge in [-0.3, -0.25) is 9.69 Å². The van der Waals surface area contributed by atoms with Crippen LogP contribution >= 0.6 is 27.3 Å². The van der Waals surface area contributed by atoms with Crippen molar-refractivity contribution < 1.29 is 14.6 Å². The van der Waals surface area contributed by atoms with E-state index < -0.39 is 12.0 Å². The summed E-state index contributed by atoms with van der Waals surface area (Å²) in [6.07, 6.45) is 0. The van der Waals surface area contributed by atoms with Crippen LogP contribution in [0.5, 0.6) is 0 Å². The number of halogens is 1. The maximum Gasteiger partial charge on any atom is 0.323 e. The summed E-state index contributed by atoms with van der Waals surface area (Å²) in [5, 5.41) is 11.1. The van der Waals surface area contributed by atoms with E-state index in [0.29, 0.717) is 19.7 Å². The van der Waals surface area contributed by atoms with Crippen LogP contribution in [-0.4, -0.2) is 41.8 Å². The predicted octanol–water partition coefficient (Wildman–Crippen LogP) is 1.80. The second kappa shape index (κ2) is 5.27. The Morgan fingerprint density at radius 3 is 3.19 bits per heavy atom. The van der Waals surface area contributed by atoms with E-state index >= 15 is 0 Å².